The van der Waals surface area contributed by atoms with Crippen molar-refractivity contribution in [1.82, 2.24) is 19.7 Å². The number of aliphatic hydroxyl groups is 1. The Kier molecular flexibility index (Phi) is 7.19. The van der Waals surface area contributed by atoms with Crippen molar-refractivity contribution < 1.29 is 19.0 Å². The Labute approximate surface area is 208 Å². The molecule has 0 radical (unpaired) electrons. The maximum atomic E-state index is 15.4. The minimum atomic E-state index is -0.829. The van der Waals surface area contributed by atoms with E-state index in [4.69, 9.17) is 27.1 Å². The summed E-state index contributed by atoms with van der Waals surface area (Å²) in [4.78, 5) is 22.2. The number of aliphatic hydroxyl groups excluding tert-OH is 1. The second-order valence-electron chi connectivity index (χ2n) is 9.42. The number of fused-ring (bicyclic) bond motifs is 1. The maximum Gasteiger partial charge on any atom is 0.258 e. The molecule has 0 saturated heterocycles. The zero-order valence-corrected chi connectivity index (χ0v) is 21.1. The lowest BCUT2D eigenvalue weighted by molar-refractivity contribution is 0.0858. The van der Waals surface area contributed by atoms with Gasteiger partial charge in [-0.2, -0.15) is 0 Å². The van der Waals surface area contributed by atoms with Crippen LogP contribution in [0, 0.1) is 12.7 Å². The number of rotatable bonds is 6. The second-order valence-corrected chi connectivity index (χ2v) is 9.83. The van der Waals surface area contributed by atoms with Gasteiger partial charge in [0.25, 0.3) is 5.91 Å². The summed E-state index contributed by atoms with van der Waals surface area (Å²) in [7, 11) is 0. The highest BCUT2D eigenvalue weighted by Crippen LogP contribution is 2.40. The lowest BCUT2D eigenvalue weighted by Gasteiger charge is -2.27. The second kappa shape index (κ2) is 9.99. The number of nitrogens with zero attached hydrogens (tertiary/aromatic N) is 3. The molecule has 3 aromatic rings. The van der Waals surface area contributed by atoms with E-state index in [1.54, 1.807) is 12.4 Å². The van der Waals surface area contributed by atoms with E-state index in [0.717, 1.165) is 0 Å². The van der Waals surface area contributed by atoms with Crippen LogP contribution in [-0.2, 0) is 0 Å². The molecule has 4 rings (SSSR count). The molecule has 1 fully saturated rings. The van der Waals surface area contributed by atoms with Gasteiger partial charge in [0.15, 0.2) is 5.82 Å². The number of aryl methyl sites for hydroxylation is 1. The molecule has 0 spiro atoms. The first-order chi connectivity index (χ1) is 16.6. The zero-order valence-electron chi connectivity index (χ0n) is 20.3. The van der Waals surface area contributed by atoms with Crippen LogP contribution in [0.2, 0.25) is 5.02 Å². The number of nitrogens with two attached hydrogens (primary N) is 1. The summed E-state index contributed by atoms with van der Waals surface area (Å²) in [5.74, 6) is -0.711. The van der Waals surface area contributed by atoms with Crippen molar-refractivity contribution in [3.8, 4) is 5.75 Å². The standard InChI is InChI=1S/C25H31ClFN5O3/c1-12(2)35-22-17(13(3)24-30-14(4)21-23(28)29-9-10-32(21)24)11-18(26)20(27)19(22)25(34)31-15-5-7-16(33)8-6-15/h9-13,15-16,33H,5-8H2,1-4H3,(H2,28,29)(H,31,34)/t13?,15-,16-. The van der Waals surface area contributed by atoms with Crippen molar-refractivity contribution in [1.29, 1.82) is 0 Å². The molecule has 1 aromatic carbocycles. The summed E-state index contributed by atoms with van der Waals surface area (Å²) in [6.45, 7) is 7.36. The predicted molar refractivity (Wildman–Crippen MR) is 133 cm³/mol. The van der Waals surface area contributed by atoms with E-state index in [1.165, 1.54) is 6.07 Å². The van der Waals surface area contributed by atoms with E-state index >= 15 is 4.39 Å². The van der Waals surface area contributed by atoms with E-state index in [0.29, 0.717) is 54.1 Å². The van der Waals surface area contributed by atoms with Crippen LogP contribution in [0.1, 0.15) is 79.8 Å². The third kappa shape index (κ3) is 4.92. The SMILES string of the molecule is Cc1nc(C(C)c2cc(Cl)c(F)c(C(=O)N[C@H]3CC[C@H](O)CC3)c2OC(C)C)n2ccnc(N)c12. The highest BCUT2D eigenvalue weighted by atomic mass is 35.5. The highest BCUT2D eigenvalue weighted by Gasteiger charge is 2.31. The molecule has 1 atom stereocenters. The molecule has 1 aliphatic carbocycles. The predicted octanol–water partition coefficient (Wildman–Crippen LogP) is 4.38. The first-order valence-electron chi connectivity index (χ1n) is 11.8. The summed E-state index contributed by atoms with van der Waals surface area (Å²) in [5.41, 5.74) is 7.78. The van der Waals surface area contributed by atoms with Crippen LogP contribution in [-0.4, -0.2) is 43.6 Å². The molecule has 0 bridgehead atoms. The summed E-state index contributed by atoms with van der Waals surface area (Å²) < 4.78 is 23.3. The smallest absolute Gasteiger partial charge is 0.258 e. The highest BCUT2D eigenvalue weighted by molar-refractivity contribution is 6.31. The zero-order chi connectivity index (χ0) is 25.4. The van der Waals surface area contributed by atoms with Crippen molar-refractivity contribution in [2.75, 3.05) is 5.73 Å². The average Bonchev–Trinajstić information content (AvgIpc) is 3.14. The van der Waals surface area contributed by atoms with Crippen LogP contribution in [0.15, 0.2) is 18.5 Å². The number of amides is 1. The number of halogens is 2. The van der Waals surface area contributed by atoms with E-state index in [1.807, 2.05) is 32.1 Å². The van der Waals surface area contributed by atoms with Gasteiger partial charge in [0.1, 0.15) is 28.5 Å². The number of imidazole rings is 1. The summed E-state index contributed by atoms with van der Waals surface area (Å²) >= 11 is 6.31. The fourth-order valence-corrected chi connectivity index (χ4v) is 4.92. The average molecular weight is 504 g/mol. The molecular formula is C25H31ClFN5O3. The van der Waals surface area contributed by atoms with Gasteiger partial charge >= 0.3 is 0 Å². The number of ether oxygens (including phenoxy) is 1. The fourth-order valence-electron chi connectivity index (χ4n) is 4.71. The Morgan fingerprint density at radius 1 is 1.31 bits per heavy atom. The van der Waals surface area contributed by atoms with Gasteiger partial charge in [-0.05, 0) is 52.5 Å². The number of anilines is 1. The van der Waals surface area contributed by atoms with Crippen LogP contribution in [0.3, 0.4) is 0 Å². The lowest BCUT2D eigenvalue weighted by Crippen LogP contribution is -2.39. The van der Waals surface area contributed by atoms with Crippen molar-refractivity contribution in [3.05, 3.63) is 51.9 Å². The molecule has 188 valence electrons. The summed E-state index contributed by atoms with van der Waals surface area (Å²) in [6, 6.07) is 1.33. The number of hydrogen-bond donors (Lipinski definition) is 3. The molecule has 1 aliphatic rings. The van der Waals surface area contributed by atoms with Crippen molar-refractivity contribution in [3.63, 3.8) is 0 Å². The number of carbonyl (C=O) groups is 1. The normalized spacial score (nSPS) is 19.2. The maximum absolute atomic E-state index is 15.4. The minimum absolute atomic E-state index is 0.138. The Balaban J connectivity index is 1.81. The molecule has 2 heterocycles. The fraction of sp³-hybridized carbons (Fsp3) is 0.480. The first kappa shape index (κ1) is 25.2. The molecule has 4 N–H and O–H groups in total. The Bertz CT molecular complexity index is 1250. The van der Waals surface area contributed by atoms with Gasteiger partial charge in [0.2, 0.25) is 0 Å². The van der Waals surface area contributed by atoms with Gasteiger partial charge in [0, 0.05) is 29.9 Å². The molecule has 1 amide bonds. The van der Waals surface area contributed by atoms with Crippen molar-refractivity contribution in [2.24, 2.45) is 0 Å². The molecular weight excluding hydrogens is 473 g/mol. The quantitative estimate of drug-likeness (QED) is 0.459. The number of nitrogens with one attached hydrogen (secondary N) is 1. The molecule has 0 aliphatic heterocycles. The number of hydrogen-bond acceptors (Lipinski definition) is 6. The van der Waals surface area contributed by atoms with Gasteiger partial charge in [-0.3, -0.25) is 9.20 Å². The number of benzene rings is 1. The molecule has 1 saturated carbocycles. The van der Waals surface area contributed by atoms with Gasteiger partial charge < -0.3 is 20.9 Å². The van der Waals surface area contributed by atoms with Gasteiger partial charge in [0.05, 0.1) is 22.9 Å². The van der Waals surface area contributed by atoms with Crippen LogP contribution < -0.4 is 15.8 Å². The van der Waals surface area contributed by atoms with E-state index in [9.17, 15) is 9.90 Å². The number of aromatic nitrogens is 3. The third-order valence-electron chi connectivity index (χ3n) is 6.45. The lowest BCUT2D eigenvalue weighted by atomic mass is 9.92. The van der Waals surface area contributed by atoms with Crippen LogP contribution >= 0.6 is 11.6 Å². The number of nitrogen functional groups attached to an aromatic ring is 1. The Hall–Kier alpha value is -2.91. The van der Waals surface area contributed by atoms with Gasteiger partial charge in [-0.1, -0.05) is 18.5 Å². The Morgan fingerprint density at radius 2 is 2.00 bits per heavy atom. The van der Waals surface area contributed by atoms with E-state index < -0.39 is 17.6 Å². The van der Waals surface area contributed by atoms with E-state index in [-0.39, 0.29) is 34.6 Å². The van der Waals surface area contributed by atoms with Crippen molar-refractivity contribution >= 4 is 28.8 Å². The molecule has 1 unspecified atom stereocenters. The van der Waals surface area contributed by atoms with Crippen LogP contribution in [0.5, 0.6) is 5.75 Å². The molecule has 2 aromatic heterocycles. The van der Waals surface area contributed by atoms with Gasteiger partial charge in [-0.25, -0.2) is 14.4 Å². The first-order valence-corrected chi connectivity index (χ1v) is 12.2. The largest absolute Gasteiger partial charge is 0.490 e. The third-order valence-corrected chi connectivity index (χ3v) is 6.73. The summed E-state index contributed by atoms with van der Waals surface area (Å²) in [6.07, 6.45) is 5.07. The monoisotopic (exact) mass is 503 g/mol. The number of carbonyl (C=O) groups excluding carboxylic acids is 1. The molecule has 8 nitrogen and oxygen atoms in total. The van der Waals surface area contributed by atoms with Gasteiger partial charge in [-0.15, -0.1) is 0 Å². The topological polar surface area (TPSA) is 115 Å². The van der Waals surface area contributed by atoms with Crippen LogP contribution in [0.25, 0.3) is 5.52 Å². The van der Waals surface area contributed by atoms with Crippen molar-refractivity contribution in [2.45, 2.75) is 77.5 Å². The Morgan fingerprint density at radius 3 is 2.66 bits per heavy atom. The molecule has 35 heavy (non-hydrogen) atoms. The minimum Gasteiger partial charge on any atom is -0.490 e. The molecule has 10 heteroatoms. The summed E-state index contributed by atoms with van der Waals surface area (Å²) in [5, 5.41) is 12.5. The van der Waals surface area contributed by atoms with E-state index in [2.05, 4.69) is 10.3 Å². The van der Waals surface area contributed by atoms with Crippen LogP contribution in [0.4, 0.5) is 10.2 Å².